The lowest BCUT2D eigenvalue weighted by atomic mass is 9.92. The van der Waals surface area contributed by atoms with E-state index < -0.39 is 0 Å². The highest BCUT2D eigenvalue weighted by atomic mass is 16.5. The van der Waals surface area contributed by atoms with Gasteiger partial charge < -0.3 is 19.1 Å². The van der Waals surface area contributed by atoms with Crippen LogP contribution in [-0.4, -0.2) is 65.7 Å². The van der Waals surface area contributed by atoms with Gasteiger partial charge in [0.15, 0.2) is 5.78 Å². The van der Waals surface area contributed by atoms with E-state index in [9.17, 15) is 9.59 Å². The summed E-state index contributed by atoms with van der Waals surface area (Å²) in [5.74, 6) is 0.594. The Labute approximate surface area is 148 Å². The van der Waals surface area contributed by atoms with Crippen LogP contribution in [0.4, 0.5) is 4.79 Å². The van der Waals surface area contributed by atoms with Crippen LogP contribution in [0.3, 0.4) is 0 Å². The molecule has 2 aliphatic heterocycles. The van der Waals surface area contributed by atoms with Crippen molar-refractivity contribution in [2.75, 3.05) is 32.8 Å². The van der Waals surface area contributed by atoms with Crippen LogP contribution in [-0.2, 0) is 21.4 Å². The number of rotatable bonds is 3. The molecular weight excluding hydrogens is 322 g/mol. The molecule has 0 bridgehead atoms. The van der Waals surface area contributed by atoms with Crippen molar-refractivity contribution >= 4 is 11.8 Å². The summed E-state index contributed by atoms with van der Waals surface area (Å²) in [6.45, 7) is 9.09. The summed E-state index contributed by atoms with van der Waals surface area (Å²) in [7, 11) is 0. The van der Waals surface area contributed by atoms with E-state index in [2.05, 4.69) is 25.9 Å². The highest BCUT2D eigenvalue weighted by Gasteiger charge is 2.36. The van der Waals surface area contributed by atoms with E-state index in [4.69, 9.17) is 9.26 Å². The number of morpholine rings is 1. The average molecular weight is 349 g/mol. The van der Waals surface area contributed by atoms with E-state index in [0.29, 0.717) is 38.6 Å². The number of likely N-dealkylation sites (tertiary alicyclic amines) is 1. The number of Topliss-reactive ketones (excluding diaryl/α,β-unsaturated/α-hetero) is 1. The van der Waals surface area contributed by atoms with Gasteiger partial charge in [-0.1, -0.05) is 25.9 Å². The molecule has 1 aromatic rings. The maximum absolute atomic E-state index is 12.7. The van der Waals surface area contributed by atoms with Gasteiger partial charge in [-0.2, -0.15) is 0 Å². The number of carbonyl (C=O) groups is 2. The van der Waals surface area contributed by atoms with Gasteiger partial charge >= 0.3 is 6.03 Å². The second-order valence-electron chi connectivity index (χ2n) is 7.80. The molecule has 0 unspecified atom stereocenters. The van der Waals surface area contributed by atoms with Crippen molar-refractivity contribution in [3.05, 3.63) is 17.5 Å². The minimum atomic E-state index is -0.362. The Balaban J connectivity index is 1.64. The van der Waals surface area contributed by atoms with E-state index in [0.717, 1.165) is 18.5 Å². The van der Waals surface area contributed by atoms with E-state index >= 15 is 0 Å². The predicted molar refractivity (Wildman–Crippen MR) is 91.4 cm³/mol. The topological polar surface area (TPSA) is 75.9 Å². The molecule has 0 saturated carbocycles. The van der Waals surface area contributed by atoms with Crippen molar-refractivity contribution in [3.8, 4) is 0 Å². The zero-order valence-electron chi connectivity index (χ0n) is 15.3. The molecule has 7 nitrogen and oxygen atoms in total. The Morgan fingerprint density at radius 1 is 1.24 bits per heavy atom. The minimum absolute atomic E-state index is 0.0238. The first-order valence-electron chi connectivity index (χ1n) is 8.98. The molecule has 2 amide bonds. The van der Waals surface area contributed by atoms with Crippen LogP contribution in [0.2, 0.25) is 0 Å². The molecule has 25 heavy (non-hydrogen) atoms. The first-order chi connectivity index (χ1) is 11.9. The zero-order valence-corrected chi connectivity index (χ0v) is 15.3. The van der Waals surface area contributed by atoms with E-state index in [1.807, 2.05) is 6.07 Å². The molecule has 0 N–H and O–H groups in total. The van der Waals surface area contributed by atoms with E-state index in [1.165, 1.54) is 0 Å². The van der Waals surface area contributed by atoms with Gasteiger partial charge in [-0.3, -0.25) is 4.79 Å². The number of amides is 2. The lowest BCUT2D eigenvalue weighted by molar-refractivity contribution is -0.122. The summed E-state index contributed by atoms with van der Waals surface area (Å²) >= 11 is 0. The van der Waals surface area contributed by atoms with Crippen LogP contribution in [0.5, 0.6) is 0 Å². The number of carbonyl (C=O) groups excluding carboxylic acids is 2. The van der Waals surface area contributed by atoms with Crippen molar-refractivity contribution in [1.29, 1.82) is 0 Å². The molecule has 3 rings (SSSR count). The first kappa shape index (κ1) is 17.9. The van der Waals surface area contributed by atoms with Crippen molar-refractivity contribution in [3.63, 3.8) is 0 Å². The third kappa shape index (κ3) is 4.03. The summed E-state index contributed by atoms with van der Waals surface area (Å²) in [6.07, 6.45) is 1.76. The van der Waals surface area contributed by atoms with E-state index in [-0.39, 0.29) is 29.7 Å². The summed E-state index contributed by atoms with van der Waals surface area (Å²) < 4.78 is 10.6. The third-order valence-electron chi connectivity index (χ3n) is 4.83. The molecule has 2 aliphatic rings. The van der Waals surface area contributed by atoms with Crippen LogP contribution in [0.1, 0.15) is 45.1 Å². The number of ether oxygens (including phenoxy) is 1. The first-order valence-corrected chi connectivity index (χ1v) is 8.98. The highest BCUT2D eigenvalue weighted by Crippen LogP contribution is 2.24. The number of hydrogen-bond acceptors (Lipinski definition) is 5. The van der Waals surface area contributed by atoms with Gasteiger partial charge in [0, 0.05) is 31.1 Å². The van der Waals surface area contributed by atoms with Crippen LogP contribution < -0.4 is 0 Å². The van der Waals surface area contributed by atoms with Crippen molar-refractivity contribution in [1.82, 2.24) is 15.0 Å². The molecule has 0 spiro atoms. The lowest BCUT2D eigenvalue weighted by Gasteiger charge is -2.33. The minimum Gasteiger partial charge on any atom is -0.378 e. The van der Waals surface area contributed by atoms with E-state index in [1.54, 1.807) is 9.80 Å². The molecule has 3 heterocycles. The summed E-state index contributed by atoms with van der Waals surface area (Å²) in [6, 6.07) is 1.44. The van der Waals surface area contributed by atoms with Crippen molar-refractivity contribution < 1.29 is 18.8 Å². The van der Waals surface area contributed by atoms with Crippen molar-refractivity contribution in [2.24, 2.45) is 0 Å². The van der Waals surface area contributed by atoms with Gasteiger partial charge in [0.1, 0.15) is 5.76 Å². The Hall–Kier alpha value is -1.89. The third-order valence-corrected chi connectivity index (χ3v) is 4.83. The molecule has 1 aromatic heterocycles. The molecule has 2 saturated heterocycles. The van der Waals surface area contributed by atoms with Crippen LogP contribution in [0, 0.1) is 0 Å². The predicted octanol–water partition coefficient (Wildman–Crippen LogP) is 2.00. The Bertz CT molecular complexity index is 629. The fourth-order valence-electron chi connectivity index (χ4n) is 3.31. The molecule has 138 valence electrons. The van der Waals surface area contributed by atoms with Gasteiger partial charge in [-0.25, -0.2) is 4.79 Å². The largest absolute Gasteiger partial charge is 0.378 e. The van der Waals surface area contributed by atoms with Gasteiger partial charge in [-0.05, 0) is 12.8 Å². The monoisotopic (exact) mass is 349 g/mol. The molecule has 7 heteroatoms. The fraction of sp³-hybridized carbons (Fsp3) is 0.722. The number of ketones is 1. The SMILES string of the molecule is CC(C)(C)c1cc(CC(=O)[C@@H]2CCCN2C(=O)N2CCOCC2)on1. The maximum Gasteiger partial charge on any atom is 0.320 e. The fourth-order valence-corrected chi connectivity index (χ4v) is 3.31. The number of nitrogens with zero attached hydrogens (tertiary/aromatic N) is 3. The summed E-state index contributed by atoms with van der Waals surface area (Å²) in [4.78, 5) is 29.0. The van der Waals surface area contributed by atoms with Crippen LogP contribution in [0.15, 0.2) is 10.6 Å². The number of urea groups is 1. The number of hydrogen-bond donors (Lipinski definition) is 0. The Morgan fingerprint density at radius 2 is 1.96 bits per heavy atom. The molecule has 0 aromatic carbocycles. The molecule has 1 atom stereocenters. The standard InChI is InChI=1S/C18H27N3O4/c1-18(2,3)16-12-13(25-19-16)11-15(22)14-5-4-6-21(14)17(23)20-7-9-24-10-8-20/h12,14H,4-11H2,1-3H3/t14-/m0/s1. The normalized spacial score (nSPS) is 21.6. The molecule has 0 radical (unpaired) electrons. The summed E-state index contributed by atoms with van der Waals surface area (Å²) in [5.41, 5.74) is 0.721. The van der Waals surface area contributed by atoms with Gasteiger partial charge in [0.05, 0.1) is 31.4 Å². The van der Waals surface area contributed by atoms with Crippen LogP contribution >= 0.6 is 0 Å². The van der Waals surface area contributed by atoms with Crippen molar-refractivity contribution in [2.45, 2.75) is 51.5 Å². The maximum atomic E-state index is 12.7. The van der Waals surface area contributed by atoms with Gasteiger partial charge in [0.2, 0.25) is 0 Å². The highest BCUT2D eigenvalue weighted by molar-refractivity contribution is 5.90. The second-order valence-corrected chi connectivity index (χ2v) is 7.80. The second kappa shape index (κ2) is 7.15. The Kier molecular flexibility index (Phi) is 5.13. The average Bonchev–Trinajstić information content (AvgIpc) is 3.23. The smallest absolute Gasteiger partial charge is 0.320 e. The molecule has 2 fully saturated rings. The molecule has 0 aliphatic carbocycles. The summed E-state index contributed by atoms with van der Waals surface area (Å²) in [5, 5.41) is 4.06. The molecular formula is C18H27N3O4. The van der Waals surface area contributed by atoms with Gasteiger partial charge in [-0.15, -0.1) is 0 Å². The Morgan fingerprint density at radius 3 is 2.60 bits per heavy atom. The van der Waals surface area contributed by atoms with Gasteiger partial charge in [0.25, 0.3) is 0 Å². The van der Waals surface area contributed by atoms with Crippen LogP contribution in [0.25, 0.3) is 0 Å². The number of aromatic nitrogens is 1. The zero-order chi connectivity index (χ0) is 18.0. The quantitative estimate of drug-likeness (QED) is 0.834. The lowest BCUT2D eigenvalue weighted by Crippen LogP contribution is -2.51.